The molecule has 6 nitrogen and oxygen atoms in total. The highest BCUT2D eigenvalue weighted by Gasteiger charge is 2.43. The summed E-state index contributed by atoms with van der Waals surface area (Å²) in [6.45, 7) is 1.03. The Balaban J connectivity index is 1.66. The number of thiophene rings is 1. The Labute approximate surface area is 173 Å². The Bertz CT molecular complexity index is 984. The van der Waals surface area contributed by atoms with Gasteiger partial charge in [0.1, 0.15) is 5.69 Å². The van der Waals surface area contributed by atoms with E-state index in [2.05, 4.69) is 39.1 Å². The van der Waals surface area contributed by atoms with Gasteiger partial charge in [-0.05, 0) is 47.9 Å². The molecule has 2 amide bonds. The van der Waals surface area contributed by atoms with Gasteiger partial charge in [0.15, 0.2) is 0 Å². The summed E-state index contributed by atoms with van der Waals surface area (Å²) < 4.78 is 0. The fraction of sp³-hybridized carbons (Fsp3) is 0.318. The van der Waals surface area contributed by atoms with Gasteiger partial charge in [-0.15, -0.1) is 11.3 Å². The number of nitrogens with zero attached hydrogens (tertiary/aromatic N) is 2. The molecule has 1 aromatic carbocycles. The van der Waals surface area contributed by atoms with E-state index in [9.17, 15) is 9.59 Å². The number of rotatable bonds is 5. The Kier molecular flexibility index (Phi) is 5.49. The number of carbonyl (C=O) groups is 2. The molecule has 0 radical (unpaired) electrons. The zero-order valence-electron chi connectivity index (χ0n) is 16.4. The minimum absolute atomic E-state index is 0.0133. The van der Waals surface area contributed by atoms with Crippen LogP contribution in [0.2, 0.25) is 0 Å². The second-order valence-electron chi connectivity index (χ2n) is 7.47. The zero-order valence-corrected chi connectivity index (χ0v) is 17.2. The largest absolute Gasteiger partial charge is 0.359 e. The summed E-state index contributed by atoms with van der Waals surface area (Å²) in [6.07, 6.45) is 3.70. The van der Waals surface area contributed by atoms with Crippen LogP contribution in [0, 0.1) is 5.41 Å². The first-order chi connectivity index (χ1) is 14.1. The third kappa shape index (κ3) is 3.82. The number of aromatic nitrogens is 2. The number of likely N-dealkylation sites (tertiary alicyclic amines) is 1. The van der Waals surface area contributed by atoms with E-state index in [1.54, 1.807) is 35.5 Å². The van der Waals surface area contributed by atoms with Crippen LogP contribution >= 0.6 is 11.3 Å². The Hall–Kier alpha value is -2.93. The van der Waals surface area contributed by atoms with E-state index in [-0.39, 0.29) is 11.8 Å². The van der Waals surface area contributed by atoms with Gasteiger partial charge in [0.2, 0.25) is 5.91 Å². The third-order valence-electron chi connectivity index (χ3n) is 5.64. The maximum absolute atomic E-state index is 13.1. The number of piperidine rings is 1. The lowest BCUT2D eigenvalue weighted by molar-refractivity contribution is -0.133. The number of hydrogen-bond donors (Lipinski definition) is 2. The number of amides is 2. The summed E-state index contributed by atoms with van der Waals surface area (Å²) in [4.78, 5) is 28.9. The standard InChI is InChI=1S/C22H24N4O2S/c1-23-21(28)22(10-5-12-26(15-22)20(27)18-9-11-24-25-18)14-16-6-2-3-7-17(16)19-8-4-13-29-19/h2-4,6-9,11,13H,5,10,12,14-15H2,1H3,(H,23,28)(H,24,25)/t22-/m1/s1. The predicted molar refractivity (Wildman–Crippen MR) is 114 cm³/mol. The Morgan fingerprint density at radius 1 is 1.24 bits per heavy atom. The molecule has 2 N–H and O–H groups in total. The Morgan fingerprint density at radius 2 is 2.10 bits per heavy atom. The van der Waals surface area contributed by atoms with Crippen LogP contribution in [0.5, 0.6) is 0 Å². The molecule has 1 saturated heterocycles. The number of H-pyrrole nitrogens is 1. The van der Waals surface area contributed by atoms with Crippen molar-refractivity contribution in [2.75, 3.05) is 20.1 Å². The van der Waals surface area contributed by atoms with Crippen LogP contribution in [0.1, 0.15) is 28.9 Å². The molecular formula is C22H24N4O2S. The summed E-state index contributed by atoms with van der Waals surface area (Å²) in [5, 5.41) is 11.5. The summed E-state index contributed by atoms with van der Waals surface area (Å²) >= 11 is 1.69. The highest BCUT2D eigenvalue weighted by atomic mass is 32.1. The number of carbonyl (C=O) groups excluding carboxylic acids is 2. The fourth-order valence-corrected chi connectivity index (χ4v) is 5.02. The van der Waals surface area contributed by atoms with E-state index < -0.39 is 5.41 Å². The first-order valence-electron chi connectivity index (χ1n) is 9.75. The second-order valence-corrected chi connectivity index (χ2v) is 8.42. The van der Waals surface area contributed by atoms with Gasteiger partial charge in [0, 0.05) is 31.2 Å². The summed E-state index contributed by atoms with van der Waals surface area (Å²) in [7, 11) is 1.67. The zero-order chi connectivity index (χ0) is 20.3. The summed E-state index contributed by atoms with van der Waals surface area (Å²) in [6, 6.07) is 14.1. The second kappa shape index (κ2) is 8.21. The quantitative estimate of drug-likeness (QED) is 0.680. The number of benzene rings is 1. The van der Waals surface area contributed by atoms with Gasteiger partial charge in [0.05, 0.1) is 5.41 Å². The average molecular weight is 409 g/mol. The van der Waals surface area contributed by atoms with E-state index >= 15 is 0 Å². The van der Waals surface area contributed by atoms with Gasteiger partial charge in [-0.1, -0.05) is 30.3 Å². The average Bonchev–Trinajstić information content (AvgIpc) is 3.47. The van der Waals surface area contributed by atoms with Crippen molar-refractivity contribution in [2.45, 2.75) is 19.3 Å². The fourth-order valence-electron chi connectivity index (χ4n) is 4.24. The lowest BCUT2D eigenvalue weighted by atomic mass is 9.73. The SMILES string of the molecule is CNC(=O)[C@@]1(Cc2ccccc2-c2cccs2)CCCN(C(=O)c2ccn[nH]2)C1. The van der Waals surface area contributed by atoms with Gasteiger partial charge >= 0.3 is 0 Å². The van der Waals surface area contributed by atoms with Crippen LogP contribution in [0.15, 0.2) is 54.0 Å². The van der Waals surface area contributed by atoms with Crippen LogP contribution in [-0.2, 0) is 11.2 Å². The number of hydrogen-bond acceptors (Lipinski definition) is 4. The molecular weight excluding hydrogens is 384 g/mol. The predicted octanol–water partition coefficient (Wildman–Crippen LogP) is 3.35. The van der Waals surface area contributed by atoms with Crippen molar-refractivity contribution in [1.82, 2.24) is 20.4 Å². The first-order valence-corrected chi connectivity index (χ1v) is 10.6. The van der Waals surface area contributed by atoms with E-state index in [0.29, 0.717) is 25.2 Å². The van der Waals surface area contributed by atoms with E-state index in [1.165, 1.54) is 4.88 Å². The van der Waals surface area contributed by atoms with E-state index in [4.69, 9.17) is 0 Å². The van der Waals surface area contributed by atoms with Crippen LogP contribution in [0.25, 0.3) is 10.4 Å². The van der Waals surface area contributed by atoms with Crippen LogP contribution in [0.3, 0.4) is 0 Å². The Morgan fingerprint density at radius 3 is 2.83 bits per heavy atom. The van der Waals surface area contributed by atoms with Gasteiger partial charge in [-0.25, -0.2) is 0 Å². The molecule has 4 rings (SSSR count). The van der Waals surface area contributed by atoms with E-state index in [1.807, 2.05) is 18.2 Å². The maximum Gasteiger partial charge on any atom is 0.271 e. The van der Waals surface area contributed by atoms with Crippen molar-refractivity contribution >= 4 is 23.2 Å². The molecule has 2 aromatic heterocycles. The minimum Gasteiger partial charge on any atom is -0.359 e. The summed E-state index contributed by atoms with van der Waals surface area (Å²) in [5.74, 6) is -0.123. The highest BCUT2D eigenvalue weighted by Crippen LogP contribution is 2.38. The van der Waals surface area contributed by atoms with Gasteiger partial charge < -0.3 is 10.2 Å². The van der Waals surface area contributed by atoms with Crippen molar-refractivity contribution in [1.29, 1.82) is 0 Å². The molecule has 1 aliphatic heterocycles. The van der Waals surface area contributed by atoms with Crippen molar-refractivity contribution in [3.63, 3.8) is 0 Å². The van der Waals surface area contributed by atoms with E-state index in [0.717, 1.165) is 24.0 Å². The molecule has 1 fully saturated rings. The lowest BCUT2D eigenvalue weighted by Crippen LogP contribution is -2.54. The van der Waals surface area contributed by atoms with Gasteiger partial charge in [-0.2, -0.15) is 5.10 Å². The maximum atomic E-state index is 13.1. The molecule has 0 unspecified atom stereocenters. The molecule has 3 aromatic rings. The normalized spacial score (nSPS) is 19.1. The molecule has 7 heteroatoms. The monoisotopic (exact) mass is 408 g/mol. The molecule has 3 heterocycles. The smallest absolute Gasteiger partial charge is 0.271 e. The molecule has 0 saturated carbocycles. The molecule has 1 atom stereocenters. The first kappa shape index (κ1) is 19.4. The topological polar surface area (TPSA) is 78.1 Å². The molecule has 1 aliphatic rings. The lowest BCUT2D eigenvalue weighted by Gasteiger charge is -2.41. The van der Waals surface area contributed by atoms with Crippen LogP contribution < -0.4 is 5.32 Å². The van der Waals surface area contributed by atoms with Crippen molar-refractivity contribution in [3.8, 4) is 10.4 Å². The van der Waals surface area contributed by atoms with Crippen molar-refractivity contribution in [3.05, 3.63) is 65.3 Å². The summed E-state index contributed by atoms with van der Waals surface area (Å²) in [5.41, 5.74) is 2.09. The molecule has 0 bridgehead atoms. The van der Waals surface area contributed by atoms with Crippen LogP contribution in [-0.4, -0.2) is 47.0 Å². The molecule has 0 spiro atoms. The van der Waals surface area contributed by atoms with Crippen molar-refractivity contribution < 1.29 is 9.59 Å². The molecule has 0 aliphatic carbocycles. The van der Waals surface area contributed by atoms with Gasteiger partial charge in [-0.3, -0.25) is 14.7 Å². The van der Waals surface area contributed by atoms with Crippen LogP contribution in [0.4, 0.5) is 0 Å². The minimum atomic E-state index is -0.657. The molecule has 29 heavy (non-hydrogen) atoms. The van der Waals surface area contributed by atoms with Crippen molar-refractivity contribution in [2.24, 2.45) is 5.41 Å². The number of nitrogens with one attached hydrogen (secondary N) is 2. The van der Waals surface area contributed by atoms with Gasteiger partial charge in [0.25, 0.3) is 5.91 Å². The highest BCUT2D eigenvalue weighted by molar-refractivity contribution is 7.13. The third-order valence-corrected chi connectivity index (χ3v) is 6.54. The number of aromatic amines is 1. The molecule has 150 valence electrons.